The molecule has 0 N–H and O–H groups in total. The van der Waals surface area contributed by atoms with Gasteiger partial charge in [-0.1, -0.05) is 29.3 Å². The molecule has 0 saturated heterocycles. The van der Waals surface area contributed by atoms with Crippen molar-refractivity contribution in [1.29, 1.82) is 0 Å². The monoisotopic (exact) mass is 336 g/mol. The first kappa shape index (κ1) is 15.3. The maximum Gasteiger partial charge on any atom is 0.161 e. The van der Waals surface area contributed by atoms with Crippen molar-refractivity contribution >= 4 is 33.0 Å². The Morgan fingerprint density at radius 2 is 2.00 bits per heavy atom. The van der Waals surface area contributed by atoms with Crippen molar-refractivity contribution in [2.24, 2.45) is 7.05 Å². The van der Waals surface area contributed by atoms with Gasteiger partial charge in [-0.2, -0.15) is 0 Å². The topological polar surface area (TPSA) is 52.0 Å². The molecular formula is C12H11Cl2FN2O2S. The lowest BCUT2D eigenvalue weighted by Gasteiger charge is -2.07. The molecule has 0 spiro atoms. The molecule has 0 aliphatic rings. The van der Waals surface area contributed by atoms with Crippen molar-refractivity contribution in [3.8, 4) is 0 Å². The lowest BCUT2D eigenvalue weighted by Crippen LogP contribution is -2.12. The minimum absolute atomic E-state index is 0.0329. The second-order valence-corrected chi connectivity index (χ2v) is 7.15. The largest absolute Gasteiger partial charge is 0.321 e. The van der Waals surface area contributed by atoms with Crippen LogP contribution in [0.5, 0.6) is 0 Å². The van der Waals surface area contributed by atoms with Crippen LogP contribution in [-0.4, -0.2) is 18.0 Å². The number of halogens is 3. The first-order chi connectivity index (χ1) is 9.30. The van der Waals surface area contributed by atoms with Gasteiger partial charge in [0.1, 0.15) is 22.5 Å². The van der Waals surface area contributed by atoms with Gasteiger partial charge in [-0.15, -0.1) is 0 Å². The quantitative estimate of drug-likeness (QED) is 0.862. The van der Waals surface area contributed by atoms with E-state index in [1.807, 2.05) is 0 Å². The van der Waals surface area contributed by atoms with Crippen molar-refractivity contribution in [3.05, 3.63) is 51.8 Å². The summed E-state index contributed by atoms with van der Waals surface area (Å²) in [7, 11) is -2.00. The van der Waals surface area contributed by atoms with E-state index in [0.29, 0.717) is 11.0 Å². The van der Waals surface area contributed by atoms with E-state index in [1.165, 1.54) is 29.0 Å². The molecule has 20 heavy (non-hydrogen) atoms. The number of hydrogen-bond donors (Lipinski definition) is 0. The second kappa shape index (κ2) is 5.71. The Labute approximate surface area is 126 Å². The molecule has 0 bridgehead atoms. The van der Waals surface area contributed by atoms with Gasteiger partial charge in [0.05, 0.1) is 11.9 Å². The van der Waals surface area contributed by atoms with Crippen LogP contribution in [0.4, 0.5) is 4.39 Å². The Hall–Kier alpha value is -1.11. The predicted molar refractivity (Wildman–Crippen MR) is 76.0 cm³/mol. The van der Waals surface area contributed by atoms with E-state index in [4.69, 9.17) is 23.2 Å². The Bertz CT molecular complexity index is 724. The minimum atomic E-state index is -3.61. The van der Waals surface area contributed by atoms with E-state index in [1.54, 1.807) is 7.05 Å². The molecule has 2 rings (SSSR count). The highest BCUT2D eigenvalue weighted by molar-refractivity contribution is 7.89. The molecule has 0 unspecified atom stereocenters. The standard InChI is InChI=1S/C12H11Cl2FN2O2S/c1-17-11(14)5-16-12(17)7-20(18,19)6-8-9(13)3-2-4-10(8)15/h2-5H,6-7H2,1H3. The van der Waals surface area contributed by atoms with Gasteiger partial charge in [0.25, 0.3) is 0 Å². The lowest BCUT2D eigenvalue weighted by molar-refractivity contribution is 0.584. The SMILES string of the molecule is Cn1c(Cl)cnc1CS(=O)(=O)Cc1c(F)cccc1Cl. The van der Waals surface area contributed by atoms with Crippen LogP contribution in [-0.2, 0) is 28.4 Å². The van der Waals surface area contributed by atoms with Crippen LogP contribution >= 0.6 is 23.2 Å². The molecule has 8 heteroatoms. The molecule has 4 nitrogen and oxygen atoms in total. The molecule has 0 amide bonds. The highest BCUT2D eigenvalue weighted by atomic mass is 35.5. The fraction of sp³-hybridized carbons (Fsp3) is 0.250. The number of rotatable bonds is 4. The van der Waals surface area contributed by atoms with Crippen LogP contribution in [0.3, 0.4) is 0 Å². The van der Waals surface area contributed by atoms with E-state index in [-0.39, 0.29) is 16.3 Å². The van der Waals surface area contributed by atoms with Gasteiger partial charge in [0.15, 0.2) is 9.84 Å². The molecule has 2 aromatic rings. The van der Waals surface area contributed by atoms with E-state index in [0.717, 1.165) is 0 Å². The maximum absolute atomic E-state index is 13.6. The fourth-order valence-electron chi connectivity index (χ4n) is 1.70. The van der Waals surface area contributed by atoms with E-state index >= 15 is 0 Å². The molecule has 0 aliphatic heterocycles. The van der Waals surface area contributed by atoms with Gasteiger partial charge in [-0.25, -0.2) is 17.8 Å². The number of imidazole rings is 1. The molecule has 1 aromatic carbocycles. The van der Waals surface area contributed by atoms with Crippen molar-refractivity contribution in [3.63, 3.8) is 0 Å². The number of hydrogen-bond acceptors (Lipinski definition) is 3. The van der Waals surface area contributed by atoms with Gasteiger partial charge in [-0.05, 0) is 12.1 Å². The second-order valence-electron chi connectivity index (χ2n) is 4.29. The number of sulfone groups is 1. The number of nitrogens with zero attached hydrogens (tertiary/aromatic N) is 2. The predicted octanol–water partition coefficient (Wildman–Crippen LogP) is 2.98. The molecule has 0 saturated carbocycles. The molecule has 1 aromatic heterocycles. The normalized spacial score (nSPS) is 11.8. The summed E-state index contributed by atoms with van der Waals surface area (Å²) in [5, 5.41) is 0.422. The zero-order valence-electron chi connectivity index (χ0n) is 10.5. The van der Waals surface area contributed by atoms with Gasteiger partial charge < -0.3 is 4.57 Å². The van der Waals surface area contributed by atoms with E-state index in [9.17, 15) is 12.8 Å². The maximum atomic E-state index is 13.6. The van der Waals surface area contributed by atoms with Crippen molar-refractivity contribution in [2.45, 2.75) is 11.5 Å². The van der Waals surface area contributed by atoms with Crippen LogP contribution in [0.25, 0.3) is 0 Å². The molecule has 108 valence electrons. The highest BCUT2D eigenvalue weighted by Gasteiger charge is 2.20. The van der Waals surface area contributed by atoms with E-state index in [2.05, 4.69) is 4.98 Å². The minimum Gasteiger partial charge on any atom is -0.321 e. The summed E-state index contributed by atoms with van der Waals surface area (Å²) in [6.45, 7) is 0. The third-order valence-electron chi connectivity index (χ3n) is 2.80. The van der Waals surface area contributed by atoms with Gasteiger partial charge in [-0.3, -0.25) is 0 Å². The van der Waals surface area contributed by atoms with Crippen molar-refractivity contribution in [2.75, 3.05) is 0 Å². The summed E-state index contributed by atoms with van der Waals surface area (Å²) in [6.07, 6.45) is 1.36. The van der Waals surface area contributed by atoms with Crippen molar-refractivity contribution in [1.82, 2.24) is 9.55 Å². The summed E-state index contributed by atoms with van der Waals surface area (Å²) in [5.41, 5.74) is -0.0329. The average molecular weight is 337 g/mol. The van der Waals surface area contributed by atoms with Crippen LogP contribution in [0.15, 0.2) is 24.4 Å². The Morgan fingerprint density at radius 1 is 1.30 bits per heavy atom. The highest BCUT2D eigenvalue weighted by Crippen LogP contribution is 2.23. The fourth-order valence-corrected chi connectivity index (χ4v) is 3.65. The van der Waals surface area contributed by atoms with Crippen LogP contribution in [0, 0.1) is 5.82 Å². The third-order valence-corrected chi connectivity index (χ3v) is 4.93. The Kier molecular flexibility index (Phi) is 4.36. The molecule has 0 radical (unpaired) electrons. The van der Waals surface area contributed by atoms with Gasteiger partial charge in [0, 0.05) is 17.6 Å². The molecule has 0 fully saturated rings. The van der Waals surface area contributed by atoms with E-state index < -0.39 is 21.4 Å². The summed E-state index contributed by atoms with van der Waals surface area (Å²) in [4.78, 5) is 3.91. The van der Waals surface area contributed by atoms with Crippen LogP contribution in [0.2, 0.25) is 10.2 Å². The third kappa shape index (κ3) is 3.31. The average Bonchev–Trinajstić information content (AvgIpc) is 2.66. The first-order valence-electron chi connectivity index (χ1n) is 5.59. The van der Waals surface area contributed by atoms with Gasteiger partial charge >= 0.3 is 0 Å². The molecule has 0 aliphatic carbocycles. The van der Waals surface area contributed by atoms with Crippen molar-refractivity contribution < 1.29 is 12.8 Å². The number of aromatic nitrogens is 2. The molecule has 0 atom stereocenters. The summed E-state index contributed by atoms with van der Waals surface area (Å²) < 4.78 is 39.3. The van der Waals surface area contributed by atoms with Crippen LogP contribution in [0.1, 0.15) is 11.4 Å². The van der Waals surface area contributed by atoms with Crippen LogP contribution < -0.4 is 0 Å². The Morgan fingerprint density at radius 3 is 2.55 bits per heavy atom. The first-order valence-corrected chi connectivity index (χ1v) is 8.17. The summed E-state index contributed by atoms with van der Waals surface area (Å²) in [5.74, 6) is -1.16. The smallest absolute Gasteiger partial charge is 0.161 e. The zero-order valence-corrected chi connectivity index (χ0v) is 12.8. The number of benzene rings is 1. The Balaban J connectivity index is 2.26. The van der Waals surface area contributed by atoms with Gasteiger partial charge in [0.2, 0.25) is 0 Å². The summed E-state index contributed by atoms with van der Waals surface area (Å²) in [6, 6.07) is 4.05. The molecule has 1 heterocycles. The lowest BCUT2D eigenvalue weighted by atomic mass is 10.2. The summed E-state index contributed by atoms with van der Waals surface area (Å²) >= 11 is 11.6. The molecular weight excluding hydrogens is 326 g/mol. The zero-order chi connectivity index (χ0) is 14.9.